The summed E-state index contributed by atoms with van der Waals surface area (Å²) in [5.74, 6) is 3.10. The molecule has 2 aliphatic rings. The van der Waals surface area contributed by atoms with Gasteiger partial charge >= 0.3 is 0 Å². The van der Waals surface area contributed by atoms with Crippen molar-refractivity contribution in [2.75, 3.05) is 42.3 Å². The molecule has 0 radical (unpaired) electrons. The third-order valence-corrected chi connectivity index (χ3v) is 4.60. The number of hydrogen-bond donors (Lipinski definition) is 1. The van der Waals surface area contributed by atoms with E-state index in [-0.39, 0.29) is 0 Å². The van der Waals surface area contributed by atoms with E-state index in [1.165, 1.54) is 32.1 Å². The van der Waals surface area contributed by atoms with Gasteiger partial charge in [0, 0.05) is 33.2 Å². The van der Waals surface area contributed by atoms with Gasteiger partial charge in [-0.3, -0.25) is 0 Å². The van der Waals surface area contributed by atoms with Crippen LogP contribution in [0.3, 0.4) is 0 Å². The van der Waals surface area contributed by atoms with Crippen molar-refractivity contribution >= 4 is 17.8 Å². The number of anilines is 3. The maximum Gasteiger partial charge on any atom is 0.232 e. The van der Waals surface area contributed by atoms with E-state index < -0.39 is 0 Å². The van der Waals surface area contributed by atoms with Gasteiger partial charge < -0.3 is 15.1 Å². The molecule has 116 valence electrons. The van der Waals surface area contributed by atoms with Gasteiger partial charge in [-0.05, 0) is 38.5 Å². The minimum atomic E-state index is 0.630. The molecular formula is C15H26N6. The quantitative estimate of drug-likeness (QED) is 0.917. The monoisotopic (exact) mass is 290 g/mol. The first-order valence-corrected chi connectivity index (χ1v) is 8.13. The zero-order valence-electron chi connectivity index (χ0n) is 13.3. The van der Waals surface area contributed by atoms with Gasteiger partial charge in [-0.25, -0.2) is 0 Å². The molecule has 1 aliphatic heterocycles. The topological polar surface area (TPSA) is 57.2 Å². The van der Waals surface area contributed by atoms with E-state index in [4.69, 9.17) is 0 Å². The molecule has 3 rings (SSSR count). The number of piperidine rings is 1. The van der Waals surface area contributed by atoms with Crippen LogP contribution in [0.15, 0.2) is 0 Å². The fourth-order valence-electron chi connectivity index (χ4n) is 3.62. The Morgan fingerprint density at radius 3 is 2.71 bits per heavy atom. The van der Waals surface area contributed by atoms with Crippen LogP contribution in [0.4, 0.5) is 17.8 Å². The molecule has 1 saturated heterocycles. The zero-order valence-corrected chi connectivity index (χ0v) is 13.3. The molecule has 6 heteroatoms. The molecule has 21 heavy (non-hydrogen) atoms. The van der Waals surface area contributed by atoms with Crippen LogP contribution in [0.25, 0.3) is 0 Å². The van der Waals surface area contributed by atoms with Crippen molar-refractivity contribution in [2.24, 2.45) is 5.92 Å². The van der Waals surface area contributed by atoms with Gasteiger partial charge in [-0.2, -0.15) is 15.0 Å². The highest BCUT2D eigenvalue weighted by atomic mass is 15.4. The highest BCUT2D eigenvalue weighted by Crippen LogP contribution is 2.38. The van der Waals surface area contributed by atoms with Crippen LogP contribution in [0.5, 0.6) is 0 Å². The molecule has 1 aromatic heterocycles. The van der Waals surface area contributed by atoms with E-state index in [1.54, 1.807) is 0 Å². The highest BCUT2D eigenvalue weighted by molar-refractivity contribution is 5.45. The number of hydrogen-bond acceptors (Lipinski definition) is 6. The fraction of sp³-hybridized carbons (Fsp3) is 0.800. The van der Waals surface area contributed by atoms with Crippen LogP contribution in [-0.4, -0.2) is 48.2 Å². The predicted molar refractivity (Wildman–Crippen MR) is 86.0 cm³/mol. The van der Waals surface area contributed by atoms with Crippen LogP contribution < -0.4 is 15.1 Å². The summed E-state index contributed by atoms with van der Waals surface area (Å²) in [4.78, 5) is 18.2. The SMILES string of the molecule is CCNc1nc(N(C)C)nc(N2CCCC3CCCC32)n1. The second kappa shape index (κ2) is 6.03. The average Bonchev–Trinajstić information content (AvgIpc) is 2.95. The summed E-state index contributed by atoms with van der Waals surface area (Å²) in [5.41, 5.74) is 0. The molecule has 2 heterocycles. The van der Waals surface area contributed by atoms with Gasteiger partial charge in [-0.15, -0.1) is 0 Å². The van der Waals surface area contributed by atoms with Crippen LogP contribution in [0, 0.1) is 5.92 Å². The maximum atomic E-state index is 4.69. The Bertz CT molecular complexity index is 489. The van der Waals surface area contributed by atoms with Crippen LogP contribution >= 0.6 is 0 Å². The summed E-state index contributed by atoms with van der Waals surface area (Å²) in [7, 11) is 3.95. The number of nitrogens with zero attached hydrogens (tertiary/aromatic N) is 5. The number of fused-ring (bicyclic) bond motifs is 1. The molecule has 0 aromatic carbocycles. The smallest absolute Gasteiger partial charge is 0.232 e. The number of rotatable bonds is 4. The Kier molecular flexibility index (Phi) is 4.12. The molecule has 6 nitrogen and oxygen atoms in total. The molecule has 2 fully saturated rings. The van der Waals surface area contributed by atoms with Gasteiger partial charge in [0.05, 0.1) is 0 Å². The second-order valence-electron chi connectivity index (χ2n) is 6.28. The molecule has 1 saturated carbocycles. The lowest BCUT2D eigenvalue weighted by Gasteiger charge is -2.38. The van der Waals surface area contributed by atoms with Crippen LogP contribution in [-0.2, 0) is 0 Å². The van der Waals surface area contributed by atoms with Crippen molar-refractivity contribution in [3.63, 3.8) is 0 Å². The lowest BCUT2D eigenvalue weighted by atomic mass is 9.92. The molecule has 1 aromatic rings. The van der Waals surface area contributed by atoms with E-state index in [2.05, 4.69) is 32.1 Å². The van der Waals surface area contributed by atoms with Gasteiger partial charge in [0.1, 0.15) is 0 Å². The van der Waals surface area contributed by atoms with Gasteiger partial charge in [-0.1, -0.05) is 6.42 Å². The Morgan fingerprint density at radius 2 is 1.95 bits per heavy atom. The van der Waals surface area contributed by atoms with E-state index in [0.29, 0.717) is 12.0 Å². The number of aromatic nitrogens is 3. The highest BCUT2D eigenvalue weighted by Gasteiger charge is 2.36. The Balaban J connectivity index is 1.92. The lowest BCUT2D eigenvalue weighted by Crippen LogP contribution is -2.43. The summed E-state index contributed by atoms with van der Waals surface area (Å²) >= 11 is 0. The number of nitrogens with one attached hydrogen (secondary N) is 1. The third kappa shape index (κ3) is 2.89. The molecule has 0 bridgehead atoms. The fourth-order valence-corrected chi connectivity index (χ4v) is 3.62. The van der Waals surface area contributed by atoms with Crippen molar-refractivity contribution in [2.45, 2.75) is 45.1 Å². The normalized spacial score (nSPS) is 24.8. The first-order chi connectivity index (χ1) is 10.2. The third-order valence-electron chi connectivity index (χ3n) is 4.60. The van der Waals surface area contributed by atoms with E-state index in [0.717, 1.165) is 30.9 Å². The Morgan fingerprint density at radius 1 is 1.14 bits per heavy atom. The molecule has 0 spiro atoms. The molecular weight excluding hydrogens is 264 g/mol. The largest absolute Gasteiger partial charge is 0.354 e. The van der Waals surface area contributed by atoms with Crippen molar-refractivity contribution in [1.82, 2.24) is 15.0 Å². The van der Waals surface area contributed by atoms with Crippen molar-refractivity contribution in [3.05, 3.63) is 0 Å². The first kappa shape index (κ1) is 14.4. The first-order valence-electron chi connectivity index (χ1n) is 8.13. The standard InChI is InChI=1S/C15H26N6/c1-4-16-13-17-14(20(2)3)19-15(18-13)21-10-6-8-11-7-5-9-12(11)21/h11-12H,4-10H2,1-3H3,(H,16,17,18,19). The Hall–Kier alpha value is -1.59. The predicted octanol–water partition coefficient (Wildman–Crippen LogP) is 2.14. The minimum absolute atomic E-state index is 0.630. The van der Waals surface area contributed by atoms with Crippen molar-refractivity contribution < 1.29 is 0 Å². The maximum absolute atomic E-state index is 4.69. The second-order valence-corrected chi connectivity index (χ2v) is 6.28. The lowest BCUT2D eigenvalue weighted by molar-refractivity contribution is 0.358. The summed E-state index contributed by atoms with van der Waals surface area (Å²) in [6.07, 6.45) is 6.61. The Labute approximate surface area is 127 Å². The molecule has 1 aliphatic carbocycles. The van der Waals surface area contributed by atoms with E-state index in [9.17, 15) is 0 Å². The summed E-state index contributed by atoms with van der Waals surface area (Å²) in [5, 5.41) is 3.23. The average molecular weight is 290 g/mol. The molecule has 2 atom stereocenters. The van der Waals surface area contributed by atoms with Gasteiger partial charge in [0.2, 0.25) is 17.8 Å². The minimum Gasteiger partial charge on any atom is -0.354 e. The molecule has 0 amide bonds. The van der Waals surface area contributed by atoms with E-state index >= 15 is 0 Å². The summed E-state index contributed by atoms with van der Waals surface area (Å²) < 4.78 is 0. The van der Waals surface area contributed by atoms with Crippen LogP contribution in [0.2, 0.25) is 0 Å². The van der Waals surface area contributed by atoms with Crippen molar-refractivity contribution in [1.29, 1.82) is 0 Å². The van der Waals surface area contributed by atoms with Crippen LogP contribution in [0.1, 0.15) is 39.0 Å². The van der Waals surface area contributed by atoms with Gasteiger partial charge in [0.15, 0.2) is 0 Å². The molecule has 2 unspecified atom stereocenters. The zero-order chi connectivity index (χ0) is 14.8. The van der Waals surface area contributed by atoms with Crippen molar-refractivity contribution in [3.8, 4) is 0 Å². The molecule has 1 N–H and O–H groups in total. The summed E-state index contributed by atoms with van der Waals surface area (Å²) in [6, 6.07) is 0.630. The van der Waals surface area contributed by atoms with E-state index in [1.807, 2.05) is 19.0 Å². The van der Waals surface area contributed by atoms with Gasteiger partial charge in [0.25, 0.3) is 0 Å². The summed E-state index contributed by atoms with van der Waals surface area (Å²) in [6.45, 7) is 3.96.